The van der Waals surface area contributed by atoms with E-state index >= 15 is 0 Å². The summed E-state index contributed by atoms with van der Waals surface area (Å²) >= 11 is 8.42. The first-order valence-electron chi connectivity index (χ1n) is 5.48. The van der Waals surface area contributed by atoms with Gasteiger partial charge in [0, 0.05) is 30.4 Å². The monoisotopic (exact) mass is 333 g/mol. The number of rotatable bonds is 4. The van der Waals surface area contributed by atoms with Crippen molar-refractivity contribution < 1.29 is 5.11 Å². The molecule has 0 aliphatic rings. The highest BCUT2D eigenvalue weighted by Crippen LogP contribution is 2.11. The molecule has 0 aliphatic heterocycles. The molecule has 0 spiro atoms. The Bertz CT molecular complexity index is 490. The van der Waals surface area contributed by atoms with Gasteiger partial charge in [-0.3, -0.25) is 4.79 Å². The zero-order chi connectivity index (χ0) is 13.7. The molecule has 7 heteroatoms. The van der Waals surface area contributed by atoms with Crippen molar-refractivity contribution in [1.82, 2.24) is 9.88 Å². The molecule has 1 rings (SSSR count). The molecule has 1 atom stereocenters. The molecule has 0 fully saturated rings. The van der Waals surface area contributed by atoms with E-state index in [1.165, 1.54) is 4.57 Å². The zero-order valence-electron chi connectivity index (χ0n) is 10.2. The Hall–Kier alpha value is -0.920. The van der Waals surface area contributed by atoms with Crippen LogP contribution in [0.4, 0.5) is 5.69 Å². The number of nitrogens with one attached hydrogen (secondary N) is 2. The number of aryl methyl sites for hydroxylation is 1. The van der Waals surface area contributed by atoms with Crippen LogP contribution in [-0.4, -0.2) is 27.4 Å². The van der Waals surface area contributed by atoms with Crippen LogP contribution >= 0.6 is 28.1 Å². The van der Waals surface area contributed by atoms with Gasteiger partial charge in [0.2, 0.25) is 0 Å². The summed E-state index contributed by atoms with van der Waals surface area (Å²) in [5, 5.41) is 15.0. The van der Waals surface area contributed by atoms with Gasteiger partial charge in [-0.2, -0.15) is 0 Å². The Morgan fingerprint density at radius 3 is 2.94 bits per heavy atom. The summed E-state index contributed by atoms with van der Waals surface area (Å²) in [6.07, 6.45) is 2.27. The highest BCUT2D eigenvalue weighted by Gasteiger charge is 2.07. The van der Waals surface area contributed by atoms with Crippen molar-refractivity contribution in [2.45, 2.75) is 19.4 Å². The number of aliphatic hydroxyl groups is 1. The lowest BCUT2D eigenvalue weighted by atomic mass is 10.2. The van der Waals surface area contributed by atoms with Gasteiger partial charge in [-0.25, -0.2) is 0 Å². The predicted molar refractivity (Wildman–Crippen MR) is 79.9 cm³/mol. The average Bonchev–Trinajstić information content (AvgIpc) is 2.25. The first-order valence-corrected chi connectivity index (χ1v) is 6.68. The topological polar surface area (TPSA) is 66.3 Å². The van der Waals surface area contributed by atoms with Crippen LogP contribution in [0.3, 0.4) is 0 Å². The molecular weight excluding hydrogens is 318 g/mol. The van der Waals surface area contributed by atoms with E-state index in [2.05, 4.69) is 26.6 Å². The van der Waals surface area contributed by atoms with Crippen LogP contribution in [0.1, 0.15) is 13.3 Å². The molecule has 0 radical (unpaired) electrons. The summed E-state index contributed by atoms with van der Waals surface area (Å²) < 4.78 is 2.25. The summed E-state index contributed by atoms with van der Waals surface area (Å²) in [7, 11) is 1.67. The van der Waals surface area contributed by atoms with Crippen molar-refractivity contribution >= 4 is 38.9 Å². The number of hydrogen-bond donors (Lipinski definition) is 3. The van der Waals surface area contributed by atoms with Crippen molar-refractivity contribution in [2.75, 3.05) is 11.9 Å². The molecule has 1 heterocycles. The maximum absolute atomic E-state index is 11.8. The molecule has 1 aromatic rings. The van der Waals surface area contributed by atoms with Crippen molar-refractivity contribution in [3.63, 3.8) is 0 Å². The minimum absolute atomic E-state index is 0.0472. The lowest BCUT2D eigenvalue weighted by Crippen LogP contribution is -2.38. The molecule has 0 saturated heterocycles. The summed E-state index contributed by atoms with van der Waals surface area (Å²) in [4.78, 5) is 11.8. The number of halogens is 1. The van der Waals surface area contributed by atoms with Gasteiger partial charge in [0.15, 0.2) is 5.11 Å². The second kappa shape index (κ2) is 6.86. The Morgan fingerprint density at radius 1 is 1.67 bits per heavy atom. The molecule has 0 aromatic carbocycles. The van der Waals surface area contributed by atoms with Crippen LogP contribution in [0.25, 0.3) is 0 Å². The Morgan fingerprint density at radius 2 is 2.33 bits per heavy atom. The third kappa shape index (κ3) is 4.40. The Balaban J connectivity index is 2.73. The lowest BCUT2D eigenvalue weighted by Gasteiger charge is -2.16. The van der Waals surface area contributed by atoms with Crippen molar-refractivity contribution in [2.24, 2.45) is 7.05 Å². The maximum atomic E-state index is 11.8. The average molecular weight is 334 g/mol. The molecule has 5 nitrogen and oxygen atoms in total. The largest absolute Gasteiger partial charge is 0.396 e. The first-order chi connectivity index (χ1) is 8.43. The van der Waals surface area contributed by atoms with Gasteiger partial charge in [-0.15, -0.1) is 0 Å². The van der Waals surface area contributed by atoms with E-state index in [1.807, 2.05) is 6.92 Å². The molecule has 0 saturated carbocycles. The van der Waals surface area contributed by atoms with Gasteiger partial charge in [0.1, 0.15) is 5.69 Å². The summed E-state index contributed by atoms with van der Waals surface area (Å²) in [6, 6.07) is 1.72. The highest BCUT2D eigenvalue weighted by atomic mass is 79.9. The first kappa shape index (κ1) is 15.1. The number of hydrogen-bond acceptors (Lipinski definition) is 3. The molecule has 3 N–H and O–H groups in total. The fourth-order valence-electron chi connectivity index (χ4n) is 1.41. The second-order valence-electron chi connectivity index (χ2n) is 4.00. The van der Waals surface area contributed by atoms with Crippen molar-refractivity contribution in [1.29, 1.82) is 0 Å². The second-order valence-corrected chi connectivity index (χ2v) is 5.32. The van der Waals surface area contributed by atoms with Crippen molar-refractivity contribution in [3.8, 4) is 0 Å². The quantitative estimate of drug-likeness (QED) is 0.722. The fourth-order valence-corrected chi connectivity index (χ4v) is 2.26. The standard InChI is InChI=1S/C11H16BrN3O2S/c1-7(3-4-16)13-11(18)14-9-5-8(12)6-15(2)10(9)17/h5-7,16H,3-4H2,1-2H3,(H2,13,14,18). The van der Waals surface area contributed by atoms with E-state index in [0.29, 0.717) is 17.2 Å². The third-order valence-corrected chi connectivity index (χ3v) is 2.99. The van der Waals surface area contributed by atoms with Crippen molar-refractivity contribution in [3.05, 3.63) is 27.1 Å². The highest BCUT2D eigenvalue weighted by molar-refractivity contribution is 9.10. The number of thiocarbonyl (C=S) groups is 1. The zero-order valence-corrected chi connectivity index (χ0v) is 12.6. The molecule has 1 unspecified atom stereocenters. The van der Waals surface area contributed by atoms with Crippen LogP contribution in [0.15, 0.2) is 21.5 Å². The molecule has 18 heavy (non-hydrogen) atoms. The normalized spacial score (nSPS) is 12.0. The Labute approximate surface area is 119 Å². The van der Waals surface area contributed by atoms with Gasteiger partial charge in [-0.05, 0) is 47.6 Å². The van der Waals surface area contributed by atoms with Gasteiger partial charge in [0.05, 0.1) is 0 Å². The van der Waals surface area contributed by atoms with Gasteiger partial charge >= 0.3 is 0 Å². The SMILES string of the molecule is CC(CCO)NC(=S)Nc1cc(Br)cn(C)c1=O. The van der Waals surface area contributed by atoms with E-state index in [1.54, 1.807) is 19.3 Å². The summed E-state index contributed by atoms with van der Waals surface area (Å²) in [6.45, 7) is 2.00. The maximum Gasteiger partial charge on any atom is 0.274 e. The van der Waals surface area contributed by atoms with Crippen LogP contribution in [-0.2, 0) is 7.05 Å². The molecular formula is C11H16BrN3O2S. The minimum atomic E-state index is -0.155. The third-order valence-electron chi connectivity index (χ3n) is 2.34. The fraction of sp³-hybridized carbons (Fsp3) is 0.455. The molecule has 0 amide bonds. The van der Waals surface area contributed by atoms with Crippen LogP contribution in [0, 0.1) is 0 Å². The van der Waals surface area contributed by atoms with Gasteiger partial charge < -0.3 is 20.3 Å². The molecule has 1 aromatic heterocycles. The number of aliphatic hydroxyl groups excluding tert-OH is 1. The van der Waals surface area contributed by atoms with E-state index in [9.17, 15) is 4.79 Å². The smallest absolute Gasteiger partial charge is 0.274 e. The predicted octanol–water partition coefficient (Wildman–Crippen LogP) is 1.21. The van der Waals surface area contributed by atoms with Gasteiger partial charge in [-0.1, -0.05) is 0 Å². The van der Waals surface area contributed by atoms with E-state index in [4.69, 9.17) is 17.3 Å². The number of aromatic nitrogens is 1. The van der Waals surface area contributed by atoms with E-state index in [0.717, 1.165) is 4.47 Å². The van der Waals surface area contributed by atoms with Crippen LogP contribution < -0.4 is 16.2 Å². The van der Waals surface area contributed by atoms with E-state index in [-0.39, 0.29) is 18.2 Å². The minimum Gasteiger partial charge on any atom is -0.396 e. The van der Waals surface area contributed by atoms with Gasteiger partial charge in [0.25, 0.3) is 5.56 Å². The lowest BCUT2D eigenvalue weighted by molar-refractivity contribution is 0.275. The molecule has 0 aliphatic carbocycles. The summed E-state index contributed by atoms with van der Waals surface area (Å²) in [5.41, 5.74) is 0.248. The molecule has 0 bridgehead atoms. The van der Waals surface area contributed by atoms with Crippen LogP contribution in [0.2, 0.25) is 0 Å². The number of nitrogens with zero attached hydrogens (tertiary/aromatic N) is 1. The molecule has 100 valence electrons. The Kier molecular flexibility index (Phi) is 5.77. The van der Waals surface area contributed by atoms with E-state index < -0.39 is 0 Å². The summed E-state index contributed by atoms with van der Waals surface area (Å²) in [5.74, 6) is 0. The van der Waals surface area contributed by atoms with Crippen LogP contribution in [0.5, 0.6) is 0 Å². The number of anilines is 1. The number of pyridine rings is 1.